The Morgan fingerprint density at radius 2 is 1.80 bits per heavy atom. The zero-order chi connectivity index (χ0) is 17.4. The molecule has 4 rings (SSSR count). The molecule has 3 nitrogen and oxygen atoms in total. The van der Waals surface area contributed by atoms with Gasteiger partial charge in [-0.25, -0.2) is 8.78 Å². The summed E-state index contributed by atoms with van der Waals surface area (Å²) >= 11 is 0. The van der Waals surface area contributed by atoms with Crippen molar-refractivity contribution in [1.82, 2.24) is 9.80 Å². The van der Waals surface area contributed by atoms with Gasteiger partial charge < -0.3 is 9.80 Å². The topological polar surface area (TPSA) is 23.6 Å². The Bertz CT molecular complexity index is 649. The van der Waals surface area contributed by atoms with Gasteiger partial charge in [0, 0.05) is 25.6 Å². The molecule has 136 valence electrons. The molecule has 1 spiro atoms. The van der Waals surface area contributed by atoms with Gasteiger partial charge in [0.25, 0.3) is 0 Å². The van der Waals surface area contributed by atoms with Crippen molar-refractivity contribution < 1.29 is 13.6 Å². The fourth-order valence-electron chi connectivity index (χ4n) is 4.95. The van der Waals surface area contributed by atoms with Gasteiger partial charge >= 0.3 is 0 Å². The average molecular weight is 348 g/mol. The van der Waals surface area contributed by atoms with E-state index in [1.807, 2.05) is 4.90 Å². The fraction of sp³-hybridized carbons (Fsp3) is 0.650. The van der Waals surface area contributed by atoms with Crippen LogP contribution in [0.1, 0.15) is 50.5 Å². The van der Waals surface area contributed by atoms with Crippen molar-refractivity contribution in [1.29, 1.82) is 0 Å². The zero-order valence-corrected chi connectivity index (χ0v) is 14.6. The van der Waals surface area contributed by atoms with E-state index in [0.717, 1.165) is 44.6 Å². The van der Waals surface area contributed by atoms with Gasteiger partial charge in [0.15, 0.2) is 11.6 Å². The molecular weight excluding hydrogens is 322 g/mol. The van der Waals surface area contributed by atoms with E-state index in [0.29, 0.717) is 18.5 Å². The van der Waals surface area contributed by atoms with Gasteiger partial charge in [0.05, 0.1) is 0 Å². The molecule has 0 radical (unpaired) electrons. The smallest absolute Gasteiger partial charge is 0.223 e. The van der Waals surface area contributed by atoms with Gasteiger partial charge in [0.1, 0.15) is 0 Å². The summed E-state index contributed by atoms with van der Waals surface area (Å²) in [5, 5.41) is 0. The van der Waals surface area contributed by atoms with Crippen molar-refractivity contribution in [3.05, 3.63) is 35.4 Å². The maximum Gasteiger partial charge on any atom is 0.223 e. The van der Waals surface area contributed by atoms with Gasteiger partial charge in [0.2, 0.25) is 5.91 Å². The van der Waals surface area contributed by atoms with E-state index in [1.165, 1.54) is 31.7 Å². The Morgan fingerprint density at radius 3 is 2.48 bits per heavy atom. The molecule has 0 unspecified atom stereocenters. The number of hydrogen-bond donors (Lipinski definition) is 0. The molecular formula is C20H26F2N2O. The van der Waals surface area contributed by atoms with Crippen LogP contribution in [0.5, 0.6) is 0 Å². The summed E-state index contributed by atoms with van der Waals surface area (Å²) in [6, 6.07) is 4.67. The highest BCUT2D eigenvalue weighted by Gasteiger charge is 2.45. The molecule has 1 amide bonds. The van der Waals surface area contributed by atoms with Crippen LogP contribution >= 0.6 is 0 Å². The Hall–Kier alpha value is -1.49. The molecule has 5 heteroatoms. The summed E-state index contributed by atoms with van der Waals surface area (Å²) in [7, 11) is 0. The van der Waals surface area contributed by atoms with Crippen LogP contribution in [-0.2, 0) is 11.3 Å². The summed E-state index contributed by atoms with van der Waals surface area (Å²) in [4.78, 5) is 16.9. The number of likely N-dealkylation sites (tertiary alicyclic amines) is 2. The number of rotatable bonds is 3. The molecule has 3 aliphatic rings. The fourth-order valence-corrected chi connectivity index (χ4v) is 4.95. The first kappa shape index (κ1) is 17.0. The second-order valence-corrected chi connectivity index (χ2v) is 8.15. The number of nitrogens with zero attached hydrogens (tertiary/aromatic N) is 2. The van der Waals surface area contributed by atoms with Gasteiger partial charge in [-0.2, -0.15) is 0 Å². The summed E-state index contributed by atoms with van der Waals surface area (Å²) in [5.41, 5.74) is 0.748. The van der Waals surface area contributed by atoms with E-state index < -0.39 is 11.6 Å². The minimum Gasteiger partial charge on any atom is -0.338 e. The highest BCUT2D eigenvalue weighted by molar-refractivity contribution is 5.79. The summed E-state index contributed by atoms with van der Waals surface area (Å²) < 4.78 is 26.5. The molecule has 1 aromatic carbocycles. The summed E-state index contributed by atoms with van der Waals surface area (Å²) in [6.07, 6.45) is 8.12. The summed E-state index contributed by atoms with van der Waals surface area (Å²) in [5.74, 6) is -1.53. The van der Waals surface area contributed by atoms with Crippen LogP contribution in [0, 0.1) is 17.0 Å². The molecule has 0 bridgehead atoms. The monoisotopic (exact) mass is 348 g/mol. The zero-order valence-electron chi connectivity index (χ0n) is 14.6. The third-order valence-corrected chi connectivity index (χ3v) is 6.46. The largest absolute Gasteiger partial charge is 0.338 e. The molecule has 2 saturated heterocycles. The van der Waals surface area contributed by atoms with Crippen LogP contribution in [-0.4, -0.2) is 41.4 Å². The van der Waals surface area contributed by atoms with Gasteiger partial charge in [-0.15, -0.1) is 0 Å². The summed E-state index contributed by atoms with van der Waals surface area (Å²) in [6.45, 7) is 3.32. The Balaban J connectivity index is 1.37. The van der Waals surface area contributed by atoms with Crippen molar-refractivity contribution in [3.63, 3.8) is 0 Å². The number of carbonyl (C=O) groups excluding carboxylic acids is 1. The molecule has 2 heterocycles. The quantitative estimate of drug-likeness (QED) is 0.831. The second-order valence-electron chi connectivity index (χ2n) is 8.15. The first-order valence-electron chi connectivity index (χ1n) is 9.50. The molecule has 1 aromatic rings. The maximum atomic E-state index is 13.4. The Labute approximate surface area is 148 Å². The van der Waals surface area contributed by atoms with Crippen LogP contribution in [0.4, 0.5) is 8.78 Å². The molecule has 1 aliphatic carbocycles. The van der Waals surface area contributed by atoms with E-state index >= 15 is 0 Å². The first-order chi connectivity index (χ1) is 12.0. The van der Waals surface area contributed by atoms with E-state index in [4.69, 9.17) is 0 Å². The number of halogens is 2. The third kappa shape index (κ3) is 3.43. The predicted octanol–water partition coefficient (Wildman–Crippen LogP) is 3.72. The van der Waals surface area contributed by atoms with Crippen LogP contribution in [0.25, 0.3) is 0 Å². The highest BCUT2D eigenvalue weighted by Crippen LogP contribution is 2.42. The van der Waals surface area contributed by atoms with Crippen LogP contribution in [0.15, 0.2) is 18.2 Å². The number of hydrogen-bond acceptors (Lipinski definition) is 2. The molecule has 3 fully saturated rings. The standard InChI is InChI=1S/C20H26F2N2O/c21-17-6-5-15(11-18(17)22)13-24-14-20(12-19(24)25)7-9-23(10-8-20)16-3-1-2-4-16/h5-6,11,16H,1-4,7-10,12-14H2. The minimum atomic E-state index is -0.844. The van der Waals surface area contributed by atoms with Gasteiger partial charge in [-0.3, -0.25) is 4.79 Å². The minimum absolute atomic E-state index is 0.0881. The van der Waals surface area contributed by atoms with E-state index in [-0.39, 0.29) is 11.3 Å². The van der Waals surface area contributed by atoms with Crippen molar-refractivity contribution in [2.75, 3.05) is 19.6 Å². The Morgan fingerprint density at radius 1 is 1.08 bits per heavy atom. The molecule has 0 atom stereocenters. The van der Waals surface area contributed by atoms with E-state index in [2.05, 4.69) is 4.90 Å². The number of carbonyl (C=O) groups is 1. The molecule has 0 N–H and O–H groups in total. The van der Waals surface area contributed by atoms with E-state index in [9.17, 15) is 13.6 Å². The Kier molecular flexibility index (Phi) is 4.52. The molecule has 2 aliphatic heterocycles. The lowest BCUT2D eigenvalue weighted by atomic mass is 9.77. The lowest BCUT2D eigenvalue weighted by Gasteiger charge is -2.41. The van der Waals surface area contributed by atoms with Crippen LogP contribution < -0.4 is 0 Å². The normalized spacial score (nSPS) is 24.6. The second kappa shape index (κ2) is 6.67. The maximum absolute atomic E-state index is 13.4. The van der Waals surface area contributed by atoms with Crippen molar-refractivity contribution in [2.24, 2.45) is 5.41 Å². The lowest BCUT2D eigenvalue weighted by molar-refractivity contribution is -0.128. The van der Waals surface area contributed by atoms with Crippen LogP contribution in [0.2, 0.25) is 0 Å². The SMILES string of the molecule is O=C1CC2(CCN(C3CCCC3)CC2)CN1Cc1ccc(F)c(F)c1. The van der Waals surface area contributed by atoms with Crippen LogP contribution in [0.3, 0.4) is 0 Å². The predicted molar refractivity (Wildman–Crippen MR) is 91.9 cm³/mol. The highest BCUT2D eigenvalue weighted by atomic mass is 19.2. The van der Waals surface area contributed by atoms with Crippen molar-refractivity contribution >= 4 is 5.91 Å². The first-order valence-corrected chi connectivity index (χ1v) is 9.50. The number of piperidine rings is 1. The number of benzene rings is 1. The van der Waals surface area contributed by atoms with Gasteiger partial charge in [-0.1, -0.05) is 18.9 Å². The third-order valence-electron chi connectivity index (χ3n) is 6.46. The molecule has 1 saturated carbocycles. The van der Waals surface area contributed by atoms with Gasteiger partial charge in [-0.05, 0) is 61.9 Å². The lowest BCUT2D eigenvalue weighted by Crippen LogP contribution is -2.45. The molecule has 0 aromatic heterocycles. The van der Waals surface area contributed by atoms with Crippen molar-refractivity contribution in [2.45, 2.75) is 57.5 Å². The average Bonchev–Trinajstić information content (AvgIpc) is 3.21. The van der Waals surface area contributed by atoms with E-state index in [1.54, 1.807) is 6.07 Å². The molecule has 25 heavy (non-hydrogen) atoms. The van der Waals surface area contributed by atoms with Crippen molar-refractivity contribution in [3.8, 4) is 0 Å². The number of amides is 1.